The van der Waals surface area contributed by atoms with E-state index in [9.17, 15) is 23.1 Å². The van der Waals surface area contributed by atoms with Gasteiger partial charge in [0.05, 0.1) is 4.90 Å². The van der Waals surface area contributed by atoms with Gasteiger partial charge in [0.15, 0.2) is 9.84 Å². The summed E-state index contributed by atoms with van der Waals surface area (Å²) in [5.41, 5.74) is -0.390. The van der Waals surface area contributed by atoms with Gasteiger partial charge in [0.2, 0.25) is 0 Å². The molecule has 0 aliphatic carbocycles. The molecule has 1 saturated heterocycles. The van der Waals surface area contributed by atoms with Crippen molar-refractivity contribution in [3.63, 3.8) is 0 Å². The van der Waals surface area contributed by atoms with Crippen LogP contribution in [-0.4, -0.2) is 48.6 Å². The fraction of sp³-hybridized carbons (Fsp3) is 0.467. The lowest BCUT2D eigenvalue weighted by Crippen LogP contribution is -2.50. The summed E-state index contributed by atoms with van der Waals surface area (Å²) in [6.07, 6.45) is 2.07. The summed E-state index contributed by atoms with van der Waals surface area (Å²) in [5, 5.41) is 9.40. The second-order valence-corrected chi connectivity index (χ2v) is 7.90. The predicted molar refractivity (Wildman–Crippen MR) is 80.6 cm³/mol. The molecule has 0 saturated carbocycles. The van der Waals surface area contributed by atoms with E-state index in [0.717, 1.165) is 6.26 Å². The predicted octanol–water partition coefficient (Wildman–Crippen LogP) is 1.48. The number of nitrogens with zero attached hydrogens (tertiary/aromatic N) is 1. The summed E-state index contributed by atoms with van der Waals surface area (Å²) < 4.78 is 23.3. The van der Waals surface area contributed by atoms with E-state index in [1.165, 1.54) is 24.0 Å². The molecule has 0 spiro atoms. The second kappa shape index (κ2) is 5.39. The highest BCUT2D eigenvalue weighted by Gasteiger charge is 2.46. The summed E-state index contributed by atoms with van der Waals surface area (Å²) in [6, 6.07) is 4.34. The minimum atomic E-state index is -3.43. The molecule has 1 amide bonds. The Morgan fingerprint density at radius 3 is 2.50 bits per heavy atom. The smallest absolute Gasteiger partial charge is 0.329 e. The molecule has 120 valence electrons. The monoisotopic (exact) mass is 325 g/mol. The van der Waals surface area contributed by atoms with Crippen molar-refractivity contribution in [1.82, 2.24) is 4.90 Å². The normalized spacial score (nSPS) is 21.9. The van der Waals surface area contributed by atoms with Crippen LogP contribution < -0.4 is 0 Å². The maximum Gasteiger partial charge on any atom is 0.329 e. The average molecular weight is 325 g/mol. The van der Waals surface area contributed by atoms with E-state index >= 15 is 0 Å². The molecule has 1 atom stereocenters. The van der Waals surface area contributed by atoms with Crippen LogP contribution in [0.3, 0.4) is 0 Å². The van der Waals surface area contributed by atoms with Gasteiger partial charge in [-0.2, -0.15) is 0 Å². The Morgan fingerprint density at radius 1 is 1.32 bits per heavy atom. The number of aliphatic carboxylic acids is 1. The zero-order chi connectivity index (χ0) is 16.7. The van der Waals surface area contributed by atoms with Crippen molar-refractivity contribution in [2.75, 3.05) is 12.8 Å². The molecule has 6 nitrogen and oxygen atoms in total. The molecule has 0 radical (unpaired) electrons. The molecule has 22 heavy (non-hydrogen) atoms. The number of likely N-dealkylation sites (tertiary alicyclic amines) is 1. The van der Waals surface area contributed by atoms with E-state index in [1.54, 1.807) is 13.0 Å². The van der Waals surface area contributed by atoms with Crippen LogP contribution in [0, 0.1) is 6.92 Å². The zero-order valence-corrected chi connectivity index (χ0v) is 13.6. The first kappa shape index (κ1) is 16.5. The zero-order valence-electron chi connectivity index (χ0n) is 12.8. The first-order chi connectivity index (χ1) is 10.1. The number of carbonyl (C=O) groups is 2. The lowest BCUT2D eigenvalue weighted by molar-refractivity contribution is -0.147. The van der Waals surface area contributed by atoms with Gasteiger partial charge in [-0.15, -0.1) is 0 Å². The van der Waals surface area contributed by atoms with Crippen molar-refractivity contribution in [3.8, 4) is 0 Å². The molecule has 1 unspecified atom stereocenters. The number of carbonyl (C=O) groups excluding carboxylic acids is 1. The van der Waals surface area contributed by atoms with Crippen LogP contribution in [0.2, 0.25) is 0 Å². The SMILES string of the molecule is Cc1ccc(S(C)(=O)=O)cc1C(=O)N1CCCC1(C)C(=O)O. The van der Waals surface area contributed by atoms with E-state index < -0.39 is 27.3 Å². The number of benzene rings is 1. The van der Waals surface area contributed by atoms with E-state index in [2.05, 4.69) is 0 Å². The molecular formula is C15H19NO5S. The number of hydrogen-bond acceptors (Lipinski definition) is 4. The highest BCUT2D eigenvalue weighted by molar-refractivity contribution is 7.90. The van der Waals surface area contributed by atoms with Gasteiger partial charge >= 0.3 is 5.97 Å². The molecule has 1 aromatic rings. The Morgan fingerprint density at radius 2 is 1.95 bits per heavy atom. The molecule has 0 bridgehead atoms. The molecule has 1 heterocycles. The van der Waals surface area contributed by atoms with Crippen molar-refractivity contribution in [1.29, 1.82) is 0 Å². The molecule has 1 aliphatic rings. The third-order valence-electron chi connectivity index (χ3n) is 4.21. The van der Waals surface area contributed by atoms with Gasteiger partial charge in [-0.05, 0) is 44.4 Å². The van der Waals surface area contributed by atoms with Crippen molar-refractivity contribution < 1.29 is 23.1 Å². The van der Waals surface area contributed by atoms with Gasteiger partial charge in [-0.25, -0.2) is 13.2 Å². The Balaban J connectivity index is 2.48. The van der Waals surface area contributed by atoms with E-state index in [-0.39, 0.29) is 10.5 Å². The molecule has 1 aliphatic heterocycles. The molecule has 1 N–H and O–H groups in total. The lowest BCUT2D eigenvalue weighted by atomic mass is 9.98. The van der Waals surface area contributed by atoms with E-state index in [1.807, 2.05) is 0 Å². The van der Waals surface area contributed by atoms with Gasteiger partial charge < -0.3 is 10.0 Å². The maximum atomic E-state index is 12.7. The van der Waals surface area contributed by atoms with Gasteiger partial charge in [0.1, 0.15) is 5.54 Å². The highest BCUT2D eigenvalue weighted by atomic mass is 32.2. The molecule has 1 aromatic carbocycles. The van der Waals surface area contributed by atoms with Crippen LogP contribution in [0.25, 0.3) is 0 Å². The standard InChI is InChI=1S/C15H19NO5S/c1-10-5-6-11(22(3,20)21)9-12(10)13(17)16-8-4-7-15(16,2)14(18)19/h5-6,9H,4,7-8H2,1-3H3,(H,18,19). The minimum absolute atomic E-state index is 0.0534. The molecule has 0 aromatic heterocycles. The maximum absolute atomic E-state index is 12.7. The summed E-state index contributed by atoms with van der Waals surface area (Å²) >= 11 is 0. The lowest BCUT2D eigenvalue weighted by Gasteiger charge is -2.31. The van der Waals surface area contributed by atoms with Gasteiger partial charge in [-0.1, -0.05) is 6.07 Å². The largest absolute Gasteiger partial charge is 0.480 e. The summed E-state index contributed by atoms with van der Waals surface area (Å²) in [7, 11) is -3.43. The van der Waals surface area contributed by atoms with E-state index in [0.29, 0.717) is 24.9 Å². The van der Waals surface area contributed by atoms with Crippen LogP contribution in [0.5, 0.6) is 0 Å². The molecule has 2 rings (SSSR count). The topological polar surface area (TPSA) is 91.8 Å². The molecule has 7 heteroatoms. The fourth-order valence-corrected chi connectivity index (χ4v) is 3.37. The number of rotatable bonds is 3. The van der Waals surface area contributed by atoms with Crippen molar-refractivity contribution >= 4 is 21.7 Å². The van der Waals surface area contributed by atoms with Crippen LogP contribution >= 0.6 is 0 Å². The molecular weight excluding hydrogens is 306 g/mol. The van der Waals surface area contributed by atoms with Crippen LogP contribution in [0.1, 0.15) is 35.7 Å². The summed E-state index contributed by atoms with van der Waals surface area (Å²) in [4.78, 5) is 25.6. The number of amides is 1. The number of carboxylic acid groups (broad SMARTS) is 1. The minimum Gasteiger partial charge on any atom is -0.480 e. The Kier molecular flexibility index (Phi) is 4.04. The third kappa shape index (κ3) is 2.72. The first-order valence-electron chi connectivity index (χ1n) is 6.93. The van der Waals surface area contributed by atoms with Crippen LogP contribution in [0.4, 0.5) is 0 Å². The third-order valence-corrected chi connectivity index (χ3v) is 5.32. The van der Waals surface area contributed by atoms with Crippen molar-refractivity contribution in [2.45, 2.75) is 37.1 Å². The molecule has 1 fully saturated rings. The average Bonchev–Trinajstić information content (AvgIpc) is 2.80. The Labute approximate surface area is 129 Å². The van der Waals surface area contributed by atoms with Gasteiger partial charge in [0, 0.05) is 18.4 Å². The summed E-state index contributed by atoms with van der Waals surface area (Å²) in [5.74, 6) is -1.49. The van der Waals surface area contributed by atoms with Crippen LogP contribution in [-0.2, 0) is 14.6 Å². The number of carboxylic acids is 1. The number of aryl methyl sites for hydroxylation is 1. The Bertz CT molecular complexity index is 740. The van der Waals surface area contributed by atoms with Crippen molar-refractivity contribution in [2.24, 2.45) is 0 Å². The quantitative estimate of drug-likeness (QED) is 0.909. The number of hydrogen-bond donors (Lipinski definition) is 1. The highest BCUT2D eigenvalue weighted by Crippen LogP contribution is 2.31. The fourth-order valence-electron chi connectivity index (χ4n) is 2.72. The van der Waals surface area contributed by atoms with E-state index in [4.69, 9.17) is 0 Å². The first-order valence-corrected chi connectivity index (χ1v) is 8.82. The Hall–Kier alpha value is -1.89. The van der Waals surface area contributed by atoms with Gasteiger partial charge in [-0.3, -0.25) is 4.79 Å². The number of sulfone groups is 1. The van der Waals surface area contributed by atoms with Gasteiger partial charge in [0.25, 0.3) is 5.91 Å². The summed E-state index contributed by atoms with van der Waals surface area (Å²) in [6.45, 7) is 3.58. The van der Waals surface area contributed by atoms with Crippen molar-refractivity contribution in [3.05, 3.63) is 29.3 Å². The second-order valence-electron chi connectivity index (χ2n) is 5.89. The van der Waals surface area contributed by atoms with Crippen LogP contribution in [0.15, 0.2) is 23.1 Å².